The molecule has 2 N–H and O–H groups in total. The number of pyridine rings is 1. The van der Waals surface area contributed by atoms with Crippen LogP contribution in [0.25, 0.3) is 27.9 Å². The number of aromatic nitrogens is 6. The molecule has 0 aromatic carbocycles. The van der Waals surface area contributed by atoms with Crippen molar-refractivity contribution in [3.63, 3.8) is 0 Å². The van der Waals surface area contributed by atoms with Crippen molar-refractivity contribution >= 4 is 29.0 Å². The minimum absolute atomic E-state index is 0.125. The molecule has 0 radical (unpaired) electrons. The van der Waals surface area contributed by atoms with Crippen molar-refractivity contribution in [2.45, 2.75) is 26.3 Å². The molecule has 1 saturated heterocycles. The third-order valence-electron chi connectivity index (χ3n) is 6.29. The molecule has 1 aliphatic rings. The van der Waals surface area contributed by atoms with Gasteiger partial charge in [-0.3, -0.25) is 19.2 Å². The van der Waals surface area contributed by atoms with E-state index in [9.17, 15) is 9.59 Å². The van der Waals surface area contributed by atoms with Crippen LogP contribution in [-0.2, 0) is 16.6 Å². The van der Waals surface area contributed by atoms with Crippen molar-refractivity contribution in [1.82, 2.24) is 34.3 Å². The number of amides is 2. The van der Waals surface area contributed by atoms with Crippen molar-refractivity contribution in [3.05, 3.63) is 43.1 Å². The van der Waals surface area contributed by atoms with Crippen LogP contribution in [0.15, 0.2) is 43.1 Å². The van der Waals surface area contributed by atoms with Crippen LogP contribution in [0.5, 0.6) is 0 Å². The number of hydrogen-bond donors (Lipinski definition) is 1. The molecule has 4 aromatic rings. The zero-order chi connectivity index (χ0) is 24.2. The Labute approximate surface area is 195 Å². The van der Waals surface area contributed by atoms with E-state index in [1.54, 1.807) is 45.2 Å². The maximum atomic E-state index is 13.3. The number of nitrogens with zero attached hydrogens (tertiary/aromatic N) is 8. The van der Waals surface area contributed by atoms with Crippen LogP contribution in [0.1, 0.15) is 20.8 Å². The van der Waals surface area contributed by atoms with Gasteiger partial charge in [-0.2, -0.15) is 10.2 Å². The van der Waals surface area contributed by atoms with E-state index in [1.807, 2.05) is 31.4 Å². The fourth-order valence-corrected chi connectivity index (χ4v) is 4.58. The van der Waals surface area contributed by atoms with Crippen molar-refractivity contribution in [2.24, 2.45) is 7.05 Å². The number of anilines is 2. The topological polar surface area (TPSA) is 128 Å². The number of carbonyl (C=O) groups excluding carboxylic acids is 2. The highest BCUT2D eigenvalue weighted by Gasteiger charge is 2.44. The van der Waals surface area contributed by atoms with E-state index >= 15 is 0 Å². The maximum Gasteiger partial charge on any atom is 0.253 e. The number of nitrogen functional groups attached to an aromatic ring is 1. The van der Waals surface area contributed by atoms with Gasteiger partial charge in [-0.25, -0.2) is 14.5 Å². The van der Waals surface area contributed by atoms with Crippen molar-refractivity contribution in [2.75, 3.05) is 23.7 Å². The van der Waals surface area contributed by atoms with Crippen LogP contribution in [0.2, 0.25) is 0 Å². The molecule has 5 heterocycles. The number of rotatable bonds is 3. The zero-order valence-corrected chi connectivity index (χ0v) is 19.4. The summed E-state index contributed by atoms with van der Waals surface area (Å²) in [5, 5.41) is 8.70. The van der Waals surface area contributed by atoms with Gasteiger partial charge in [0.15, 0.2) is 5.82 Å². The van der Waals surface area contributed by atoms with Gasteiger partial charge >= 0.3 is 0 Å². The predicted octanol–water partition coefficient (Wildman–Crippen LogP) is 1.75. The summed E-state index contributed by atoms with van der Waals surface area (Å²) in [7, 11) is 1.85. The fraction of sp³-hybridized carbons (Fsp3) is 0.304. The largest absolute Gasteiger partial charge is 0.382 e. The summed E-state index contributed by atoms with van der Waals surface area (Å²) in [5.41, 5.74) is 9.28. The molecule has 5 rings (SSSR count). The number of aryl methyl sites for hydroxylation is 1. The molecule has 0 spiro atoms. The van der Waals surface area contributed by atoms with Crippen LogP contribution >= 0.6 is 0 Å². The third kappa shape index (κ3) is 3.28. The molecule has 0 bridgehead atoms. The van der Waals surface area contributed by atoms with E-state index in [0.29, 0.717) is 30.2 Å². The van der Waals surface area contributed by atoms with E-state index in [0.717, 1.165) is 22.4 Å². The van der Waals surface area contributed by atoms with E-state index in [4.69, 9.17) is 5.73 Å². The standard InChI is InChI=1S/C23H25N9O2/c1-14(33)31-8-7-30(22(34)23(31,2)3)19-9-15(5-6-25-19)18-10-17(16-11-27-29(4)12-16)20-21(24)26-13-28-32(18)20/h5-6,9-13H,7-8H2,1-4H3,(H2,24,26,28). The van der Waals surface area contributed by atoms with Gasteiger partial charge in [0.05, 0.1) is 11.9 Å². The highest BCUT2D eigenvalue weighted by Crippen LogP contribution is 2.35. The first-order valence-corrected chi connectivity index (χ1v) is 10.9. The first kappa shape index (κ1) is 21.6. The van der Waals surface area contributed by atoms with Crippen molar-refractivity contribution in [1.29, 1.82) is 0 Å². The monoisotopic (exact) mass is 459 g/mol. The van der Waals surface area contributed by atoms with Gasteiger partial charge < -0.3 is 10.6 Å². The lowest BCUT2D eigenvalue weighted by molar-refractivity contribution is -0.145. The van der Waals surface area contributed by atoms with E-state index in [1.165, 1.54) is 13.3 Å². The second kappa shape index (κ2) is 7.65. The summed E-state index contributed by atoms with van der Waals surface area (Å²) in [6.45, 7) is 5.79. The number of nitrogens with two attached hydrogens (primary N) is 1. The average Bonchev–Trinajstić information content (AvgIpc) is 3.40. The Bertz CT molecular complexity index is 1440. The molecule has 2 amide bonds. The Morgan fingerprint density at radius 3 is 2.62 bits per heavy atom. The maximum absolute atomic E-state index is 13.3. The highest BCUT2D eigenvalue weighted by atomic mass is 16.2. The number of carbonyl (C=O) groups is 2. The van der Waals surface area contributed by atoms with Crippen LogP contribution in [-0.4, -0.2) is 64.7 Å². The van der Waals surface area contributed by atoms with Crippen LogP contribution in [0.4, 0.5) is 11.6 Å². The molecule has 34 heavy (non-hydrogen) atoms. The van der Waals surface area contributed by atoms with Gasteiger partial charge in [0.25, 0.3) is 5.91 Å². The summed E-state index contributed by atoms with van der Waals surface area (Å²) in [6, 6.07) is 5.69. The molecule has 0 saturated carbocycles. The number of hydrogen-bond acceptors (Lipinski definition) is 7. The Morgan fingerprint density at radius 2 is 1.91 bits per heavy atom. The Hall–Kier alpha value is -4.28. The van der Waals surface area contributed by atoms with E-state index in [-0.39, 0.29) is 11.8 Å². The second-order valence-electron chi connectivity index (χ2n) is 8.84. The molecule has 11 heteroatoms. The Morgan fingerprint density at radius 1 is 1.12 bits per heavy atom. The molecule has 11 nitrogen and oxygen atoms in total. The SMILES string of the molecule is CC(=O)N1CCN(c2cc(-c3cc(-c4cnn(C)c4)c4c(N)ncnn34)ccn2)C(=O)C1(C)C. The molecule has 1 fully saturated rings. The van der Waals surface area contributed by atoms with Gasteiger partial charge in [-0.05, 0) is 32.0 Å². The number of fused-ring (bicyclic) bond motifs is 1. The molecule has 174 valence electrons. The Balaban J connectivity index is 1.60. The summed E-state index contributed by atoms with van der Waals surface area (Å²) < 4.78 is 3.46. The minimum atomic E-state index is -0.960. The van der Waals surface area contributed by atoms with Crippen LogP contribution < -0.4 is 10.6 Å². The molecular weight excluding hydrogens is 434 g/mol. The van der Waals surface area contributed by atoms with Gasteiger partial charge in [0.2, 0.25) is 5.91 Å². The van der Waals surface area contributed by atoms with Crippen LogP contribution in [0, 0.1) is 0 Å². The van der Waals surface area contributed by atoms with Gasteiger partial charge in [0.1, 0.15) is 23.2 Å². The van der Waals surface area contributed by atoms with E-state index < -0.39 is 5.54 Å². The first-order valence-electron chi connectivity index (χ1n) is 10.9. The highest BCUT2D eigenvalue weighted by molar-refractivity contribution is 6.02. The second-order valence-corrected chi connectivity index (χ2v) is 8.84. The molecule has 0 unspecified atom stereocenters. The van der Waals surface area contributed by atoms with Crippen molar-refractivity contribution < 1.29 is 9.59 Å². The fourth-order valence-electron chi connectivity index (χ4n) is 4.58. The molecule has 1 aliphatic heterocycles. The summed E-state index contributed by atoms with van der Waals surface area (Å²) >= 11 is 0. The lowest BCUT2D eigenvalue weighted by Crippen LogP contribution is -2.64. The third-order valence-corrected chi connectivity index (χ3v) is 6.29. The average molecular weight is 460 g/mol. The summed E-state index contributed by atoms with van der Waals surface area (Å²) in [6.07, 6.45) is 6.74. The van der Waals surface area contributed by atoms with Gasteiger partial charge in [-0.1, -0.05) is 0 Å². The summed E-state index contributed by atoms with van der Waals surface area (Å²) in [4.78, 5) is 37.2. The quantitative estimate of drug-likeness (QED) is 0.494. The zero-order valence-electron chi connectivity index (χ0n) is 19.4. The Kier molecular flexibility index (Phi) is 4.85. The number of piperazine rings is 1. The lowest BCUT2D eigenvalue weighted by Gasteiger charge is -2.45. The molecule has 4 aromatic heterocycles. The van der Waals surface area contributed by atoms with Crippen LogP contribution in [0.3, 0.4) is 0 Å². The molecular formula is C23H25N9O2. The minimum Gasteiger partial charge on any atom is -0.382 e. The molecule has 0 atom stereocenters. The normalized spacial score (nSPS) is 15.8. The smallest absolute Gasteiger partial charge is 0.253 e. The summed E-state index contributed by atoms with van der Waals surface area (Å²) in [5.74, 6) is 0.561. The molecule has 0 aliphatic carbocycles. The van der Waals surface area contributed by atoms with Crippen molar-refractivity contribution in [3.8, 4) is 22.4 Å². The first-order chi connectivity index (χ1) is 16.2. The van der Waals surface area contributed by atoms with Gasteiger partial charge in [0, 0.05) is 56.1 Å². The van der Waals surface area contributed by atoms with Gasteiger partial charge in [-0.15, -0.1) is 0 Å². The lowest BCUT2D eigenvalue weighted by atomic mass is 9.97. The van der Waals surface area contributed by atoms with E-state index in [2.05, 4.69) is 20.2 Å². The predicted molar refractivity (Wildman–Crippen MR) is 127 cm³/mol.